The number of nitrogens with zero attached hydrogens (tertiary/aromatic N) is 5. The number of piperidine rings is 1. The van der Waals surface area contributed by atoms with Crippen molar-refractivity contribution >= 4 is 5.91 Å². The summed E-state index contributed by atoms with van der Waals surface area (Å²) in [7, 11) is 2.08. The van der Waals surface area contributed by atoms with Crippen molar-refractivity contribution in [1.29, 1.82) is 0 Å². The molecule has 1 unspecified atom stereocenters. The average Bonchev–Trinajstić information content (AvgIpc) is 2.66. The quantitative estimate of drug-likeness (QED) is 0.809. The van der Waals surface area contributed by atoms with Crippen LogP contribution in [0.25, 0.3) is 11.3 Å². The zero-order valence-corrected chi connectivity index (χ0v) is 15.6. The lowest BCUT2D eigenvalue weighted by Crippen LogP contribution is -2.55. The van der Waals surface area contributed by atoms with Crippen molar-refractivity contribution in [2.45, 2.75) is 19.4 Å². The van der Waals surface area contributed by atoms with Crippen LogP contribution in [-0.4, -0.2) is 63.7 Å². The molecule has 4 rings (SSSR count). The molecule has 0 aliphatic carbocycles. The van der Waals surface area contributed by atoms with Crippen LogP contribution in [0, 0.1) is 11.8 Å². The molecule has 0 aromatic carbocycles. The molecule has 2 aliphatic heterocycles. The Bertz CT molecular complexity index is 860. The van der Waals surface area contributed by atoms with Gasteiger partial charge in [-0.05, 0) is 44.6 Å². The SMILES string of the molecule is CN1CCCC(C(=O)N2CC(Cn3nc(-c4ccncc4)ccc3=O)C2)C1. The van der Waals surface area contributed by atoms with E-state index < -0.39 is 0 Å². The minimum Gasteiger partial charge on any atom is -0.342 e. The highest BCUT2D eigenvalue weighted by atomic mass is 16.2. The van der Waals surface area contributed by atoms with Crippen LogP contribution in [0.1, 0.15) is 12.8 Å². The number of hydrogen-bond donors (Lipinski definition) is 0. The zero-order valence-electron chi connectivity index (χ0n) is 15.6. The summed E-state index contributed by atoms with van der Waals surface area (Å²) in [5, 5.41) is 4.50. The van der Waals surface area contributed by atoms with E-state index in [1.807, 2.05) is 17.0 Å². The summed E-state index contributed by atoms with van der Waals surface area (Å²) < 4.78 is 1.52. The van der Waals surface area contributed by atoms with Crippen molar-refractivity contribution in [3.05, 3.63) is 47.0 Å². The lowest BCUT2D eigenvalue weighted by molar-refractivity contribution is -0.144. The van der Waals surface area contributed by atoms with Gasteiger partial charge >= 0.3 is 0 Å². The summed E-state index contributed by atoms with van der Waals surface area (Å²) in [6, 6.07) is 7.05. The molecule has 2 fully saturated rings. The normalized spacial score (nSPS) is 21.1. The first kappa shape index (κ1) is 17.9. The standard InChI is InChI=1S/C20H25N5O2/c1-23-10-2-3-17(14-23)20(27)24-11-15(12-24)13-25-19(26)5-4-18(22-25)16-6-8-21-9-7-16/h4-9,15,17H,2-3,10-14H2,1H3. The van der Waals surface area contributed by atoms with Crippen molar-refractivity contribution in [3.63, 3.8) is 0 Å². The lowest BCUT2D eigenvalue weighted by atomic mass is 9.92. The molecule has 7 nitrogen and oxygen atoms in total. The molecule has 7 heteroatoms. The van der Waals surface area contributed by atoms with Crippen molar-refractivity contribution in [2.24, 2.45) is 11.8 Å². The van der Waals surface area contributed by atoms with E-state index in [-0.39, 0.29) is 23.3 Å². The van der Waals surface area contributed by atoms with Crippen molar-refractivity contribution < 1.29 is 4.79 Å². The fourth-order valence-corrected chi connectivity index (χ4v) is 3.99. The third-order valence-corrected chi connectivity index (χ3v) is 5.52. The van der Waals surface area contributed by atoms with Gasteiger partial charge in [0.2, 0.25) is 5.91 Å². The molecular weight excluding hydrogens is 342 g/mol. The van der Waals surface area contributed by atoms with Crippen LogP contribution in [0.2, 0.25) is 0 Å². The summed E-state index contributed by atoms with van der Waals surface area (Å²) in [4.78, 5) is 33.0. The second kappa shape index (κ2) is 7.60. The van der Waals surface area contributed by atoms with Gasteiger partial charge in [-0.25, -0.2) is 4.68 Å². The summed E-state index contributed by atoms with van der Waals surface area (Å²) in [6.45, 7) is 3.91. The number of carbonyl (C=O) groups excluding carboxylic acids is 1. The fourth-order valence-electron chi connectivity index (χ4n) is 3.99. The summed E-state index contributed by atoms with van der Waals surface area (Å²) in [6.07, 6.45) is 5.50. The molecule has 2 aliphatic rings. The van der Waals surface area contributed by atoms with E-state index in [1.165, 1.54) is 4.68 Å². The van der Waals surface area contributed by atoms with Crippen LogP contribution in [0.4, 0.5) is 0 Å². The molecule has 0 bridgehead atoms. The van der Waals surface area contributed by atoms with E-state index in [0.29, 0.717) is 19.6 Å². The van der Waals surface area contributed by atoms with Crippen LogP contribution in [0.5, 0.6) is 0 Å². The molecule has 0 N–H and O–H groups in total. The third kappa shape index (κ3) is 3.93. The van der Waals surface area contributed by atoms with Gasteiger partial charge in [-0.15, -0.1) is 0 Å². The highest BCUT2D eigenvalue weighted by molar-refractivity contribution is 5.80. The number of amides is 1. The Hall–Kier alpha value is -2.54. The molecule has 2 aromatic rings. The van der Waals surface area contributed by atoms with E-state index in [9.17, 15) is 9.59 Å². The largest absolute Gasteiger partial charge is 0.342 e. The first-order valence-electron chi connectivity index (χ1n) is 9.56. The van der Waals surface area contributed by atoms with Gasteiger partial charge in [0, 0.05) is 49.6 Å². The van der Waals surface area contributed by atoms with Gasteiger partial charge in [0.1, 0.15) is 0 Å². The maximum atomic E-state index is 12.6. The Kier molecular flexibility index (Phi) is 5.03. The van der Waals surface area contributed by atoms with Crippen molar-refractivity contribution in [3.8, 4) is 11.3 Å². The minimum absolute atomic E-state index is 0.105. The van der Waals surface area contributed by atoms with E-state index >= 15 is 0 Å². The number of rotatable bonds is 4. The molecule has 1 atom stereocenters. The Morgan fingerprint density at radius 2 is 1.93 bits per heavy atom. The number of carbonyl (C=O) groups is 1. The summed E-state index contributed by atoms with van der Waals surface area (Å²) >= 11 is 0. The van der Waals surface area contributed by atoms with Gasteiger partial charge in [-0.3, -0.25) is 14.6 Å². The highest BCUT2D eigenvalue weighted by Crippen LogP contribution is 2.24. The first-order chi connectivity index (χ1) is 13.1. The van der Waals surface area contributed by atoms with Crippen molar-refractivity contribution in [1.82, 2.24) is 24.6 Å². The lowest BCUT2D eigenvalue weighted by Gasteiger charge is -2.42. The first-order valence-corrected chi connectivity index (χ1v) is 9.56. The second-order valence-electron chi connectivity index (χ2n) is 7.69. The molecule has 2 saturated heterocycles. The maximum absolute atomic E-state index is 12.6. The number of likely N-dealkylation sites (tertiary alicyclic amines) is 2. The predicted octanol–water partition coefficient (Wildman–Crippen LogP) is 1.11. The topological polar surface area (TPSA) is 71.3 Å². The van der Waals surface area contributed by atoms with E-state index in [1.54, 1.807) is 24.5 Å². The van der Waals surface area contributed by atoms with Gasteiger partial charge < -0.3 is 9.80 Å². The number of aromatic nitrogens is 3. The highest BCUT2D eigenvalue weighted by Gasteiger charge is 2.36. The molecule has 142 valence electrons. The van der Waals surface area contributed by atoms with Crippen LogP contribution >= 0.6 is 0 Å². The second-order valence-corrected chi connectivity index (χ2v) is 7.69. The van der Waals surface area contributed by atoms with Gasteiger partial charge in [-0.2, -0.15) is 5.10 Å². The van der Waals surface area contributed by atoms with Crippen LogP contribution < -0.4 is 5.56 Å². The average molecular weight is 367 g/mol. The van der Waals surface area contributed by atoms with Gasteiger partial charge in [0.15, 0.2) is 0 Å². The Labute approximate surface area is 158 Å². The fraction of sp³-hybridized carbons (Fsp3) is 0.500. The van der Waals surface area contributed by atoms with Crippen LogP contribution in [0.3, 0.4) is 0 Å². The number of hydrogen-bond acceptors (Lipinski definition) is 5. The monoisotopic (exact) mass is 367 g/mol. The van der Waals surface area contributed by atoms with Gasteiger partial charge in [0.05, 0.1) is 18.2 Å². The van der Waals surface area contributed by atoms with E-state index in [4.69, 9.17) is 0 Å². The van der Waals surface area contributed by atoms with Gasteiger partial charge in [-0.1, -0.05) is 0 Å². The molecule has 27 heavy (non-hydrogen) atoms. The molecular formula is C20H25N5O2. The summed E-state index contributed by atoms with van der Waals surface area (Å²) in [5.41, 5.74) is 1.59. The van der Waals surface area contributed by atoms with Crippen molar-refractivity contribution in [2.75, 3.05) is 33.2 Å². The van der Waals surface area contributed by atoms with Gasteiger partial charge in [0.25, 0.3) is 5.56 Å². The Balaban J connectivity index is 1.37. The Morgan fingerprint density at radius 3 is 2.67 bits per heavy atom. The predicted molar refractivity (Wildman–Crippen MR) is 102 cm³/mol. The van der Waals surface area contributed by atoms with Crippen LogP contribution in [0.15, 0.2) is 41.5 Å². The molecule has 0 saturated carbocycles. The molecule has 4 heterocycles. The third-order valence-electron chi connectivity index (χ3n) is 5.52. The molecule has 2 aromatic heterocycles. The number of pyridine rings is 1. The van der Waals surface area contributed by atoms with Crippen LogP contribution in [-0.2, 0) is 11.3 Å². The molecule has 1 amide bonds. The Morgan fingerprint density at radius 1 is 1.15 bits per heavy atom. The minimum atomic E-state index is -0.105. The molecule has 0 radical (unpaired) electrons. The van der Waals surface area contributed by atoms with E-state index in [2.05, 4.69) is 22.0 Å². The van der Waals surface area contributed by atoms with E-state index in [0.717, 1.165) is 37.2 Å². The maximum Gasteiger partial charge on any atom is 0.266 e. The molecule has 0 spiro atoms. The summed E-state index contributed by atoms with van der Waals surface area (Å²) in [5.74, 6) is 0.678. The smallest absolute Gasteiger partial charge is 0.266 e. The zero-order chi connectivity index (χ0) is 18.8.